The SMILES string of the molecule is CC(=O)Nc1ccc(SCc2cccc(N)c2)cc1. The van der Waals surface area contributed by atoms with Crippen molar-refractivity contribution in [1.82, 2.24) is 0 Å². The Kier molecular flexibility index (Phi) is 4.47. The number of rotatable bonds is 4. The maximum Gasteiger partial charge on any atom is 0.221 e. The van der Waals surface area contributed by atoms with Gasteiger partial charge in [0.15, 0.2) is 0 Å². The summed E-state index contributed by atoms with van der Waals surface area (Å²) >= 11 is 1.74. The summed E-state index contributed by atoms with van der Waals surface area (Å²) in [6, 6.07) is 15.7. The van der Waals surface area contributed by atoms with Gasteiger partial charge >= 0.3 is 0 Å². The number of hydrogen-bond acceptors (Lipinski definition) is 3. The van der Waals surface area contributed by atoms with E-state index in [0.717, 1.165) is 22.0 Å². The molecular formula is C15H16N2OS. The molecule has 0 aromatic heterocycles. The normalized spacial score (nSPS) is 10.2. The van der Waals surface area contributed by atoms with Crippen molar-refractivity contribution < 1.29 is 4.79 Å². The molecule has 0 saturated heterocycles. The van der Waals surface area contributed by atoms with Crippen LogP contribution in [0.15, 0.2) is 53.4 Å². The lowest BCUT2D eigenvalue weighted by molar-refractivity contribution is -0.114. The minimum absolute atomic E-state index is 0.0554. The molecule has 19 heavy (non-hydrogen) atoms. The van der Waals surface area contributed by atoms with Gasteiger partial charge in [0.05, 0.1) is 0 Å². The van der Waals surface area contributed by atoms with Gasteiger partial charge in [-0.05, 0) is 42.0 Å². The van der Waals surface area contributed by atoms with E-state index in [9.17, 15) is 4.79 Å². The molecule has 0 unspecified atom stereocenters. The molecule has 0 aliphatic rings. The van der Waals surface area contributed by atoms with Gasteiger partial charge in [-0.3, -0.25) is 4.79 Å². The molecule has 2 aromatic rings. The largest absolute Gasteiger partial charge is 0.399 e. The second kappa shape index (κ2) is 6.29. The second-order valence-electron chi connectivity index (χ2n) is 4.24. The van der Waals surface area contributed by atoms with Crippen LogP contribution in [0.2, 0.25) is 0 Å². The lowest BCUT2D eigenvalue weighted by Gasteiger charge is -2.05. The molecule has 0 radical (unpaired) electrons. The van der Waals surface area contributed by atoms with E-state index in [0.29, 0.717) is 0 Å². The highest BCUT2D eigenvalue weighted by atomic mass is 32.2. The predicted molar refractivity (Wildman–Crippen MR) is 81.2 cm³/mol. The fourth-order valence-corrected chi connectivity index (χ4v) is 2.53. The van der Waals surface area contributed by atoms with E-state index in [2.05, 4.69) is 11.4 Å². The van der Waals surface area contributed by atoms with Crippen LogP contribution < -0.4 is 11.1 Å². The van der Waals surface area contributed by atoms with Crippen LogP contribution in [0.4, 0.5) is 11.4 Å². The average molecular weight is 272 g/mol. The summed E-state index contributed by atoms with van der Waals surface area (Å²) in [7, 11) is 0. The molecule has 3 N–H and O–H groups in total. The Hall–Kier alpha value is -1.94. The first kappa shape index (κ1) is 13.5. The molecule has 0 atom stereocenters. The highest BCUT2D eigenvalue weighted by Crippen LogP contribution is 2.24. The third-order valence-corrected chi connectivity index (χ3v) is 3.61. The molecule has 98 valence electrons. The standard InChI is InChI=1S/C15H16N2OS/c1-11(18)17-14-5-7-15(8-6-14)19-10-12-3-2-4-13(16)9-12/h2-9H,10,16H2,1H3,(H,17,18). The number of anilines is 2. The molecule has 0 bridgehead atoms. The Bertz CT molecular complexity index is 567. The van der Waals surface area contributed by atoms with Gasteiger partial charge in [-0.25, -0.2) is 0 Å². The summed E-state index contributed by atoms with van der Waals surface area (Å²) in [5.41, 5.74) is 8.56. The molecule has 0 aliphatic heterocycles. The van der Waals surface area contributed by atoms with Crippen LogP contribution in [0, 0.1) is 0 Å². The second-order valence-corrected chi connectivity index (χ2v) is 5.29. The average Bonchev–Trinajstić information content (AvgIpc) is 2.37. The topological polar surface area (TPSA) is 55.1 Å². The number of nitrogen functional groups attached to an aromatic ring is 1. The third-order valence-electron chi connectivity index (χ3n) is 2.53. The van der Waals surface area contributed by atoms with Gasteiger partial charge in [0.2, 0.25) is 5.91 Å². The van der Waals surface area contributed by atoms with Crippen molar-refractivity contribution in [2.24, 2.45) is 0 Å². The molecule has 0 aliphatic carbocycles. The molecule has 0 saturated carbocycles. The van der Waals surface area contributed by atoms with Crippen LogP contribution in [-0.2, 0) is 10.5 Å². The van der Waals surface area contributed by atoms with Crippen LogP contribution in [0.25, 0.3) is 0 Å². The fourth-order valence-electron chi connectivity index (χ4n) is 1.69. The Morgan fingerprint density at radius 3 is 2.58 bits per heavy atom. The maximum atomic E-state index is 10.9. The number of thioether (sulfide) groups is 1. The summed E-state index contributed by atoms with van der Waals surface area (Å²) in [5, 5.41) is 2.75. The van der Waals surface area contributed by atoms with Crippen molar-refractivity contribution in [2.45, 2.75) is 17.6 Å². The van der Waals surface area contributed by atoms with Gasteiger partial charge in [-0.2, -0.15) is 0 Å². The minimum atomic E-state index is -0.0554. The lowest BCUT2D eigenvalue weighted by atomic mass is 10.2. The van der Waals surface area contributed by atoms with Gasteiger partial charge in [-0.15, -0.1) is 11.8 Å². The van der Waals surface area contributed by atoms with Gasteiger partial charge in [-0.1, -0.05) is 12.1 Å². The monoisotopic (exact) mass is 272 g/mol. The van der Waals surface area contributed by atoms with Crippen molar-refractivity contribution >= 4 is 29.0 Å². The molecule has 0 heterocycles. The van der Waals surface area contributed by atoms with Crippen molar-refractivity contribution in [1.29, 1.82) is 0 Å². The summed E-state index contributed by atoms with van der Waals surface area (Å²) in [6.07, 6.45) is 0. The summed E-state index contributed by atoms with van der Waals surface area (Å²) in [4.78, 5) is 12.1. The molecule has 0 spiro atoms. The lowest BCUT2D eigenvalue weighted by Crippen LogP contribution is -2.05. The number of amides is 1. The Balaban J connectivity index is 1.94. The molecule has 4 heteroatoms. The third kappa shape index (κ3) is 4.34. The molecule has 2 aromatic carbocycles. The smallest absolute Gasteiger partial charge is 0.221 e. The zero-order chi connectivity index (χ0) is 13.7. The van der Waals surface area contributed by atoms with Crippen LogP contribution in [-0.4, -0.2) is 5.91 Å². The Morgan fingerprint density at radius 2 is 1.95 bits per heavy atom. The van der Waals surface area contributed by atoms with Crippen LogP contribution in [0.3, 0.4) is 0 Å². The van der Waals surface area contributed by atoms with Crippen molar-refractivity contribution in [3.8, 4) is 0 Å². The van der Waals surface area contributed by atoms with Crippen molar-refractivity contribution in [3.05, 3.63) is 54.1 Å². The molecule has 0 fully saturated rings. The molecular weight excluding hydrogens is 256 g/mol. The maximum absolute atomic E-state index is 10.9. The van der Waals surface area contributed by atoms with E-state index in [1.165, 1.54) is 12.5 Å². The summed E-state index contributed by atoms with van der Waals surface area (Å²) in [6.45, 7) is 1.50. The summed E-state index contributed by atoms with van der Waals surface area (Å²) < 4.78 is 0. The number of nitrogens with one attached hydrogen (secondary N) is 1. The van der Waals surface area contributed by atoms with Crippen LogP contribution in [0.5, 0.6) is 0 Å². The van der Waals surface area contributed by atoms with E-state index < -0.39 is 0 Å². The quantitative estimate of drug-likeness (QED) is 0.661. The minimum Gasteiger partial charge on any atom is -0.399 e. The van der Waals surface area contributed by atoms with Gasteiger partial charge < -0.3 is 11.1 Å². The highest BCUT2D eigenvalue weighted by molar-refractivity contribution is 7.98. The van der Waals surface area contributed by atoms with Gasteiger partial charge in [0.25, 0.3) is 0 Å². The van der Waals surface area contributed by atoms with Gasteiger partial charge in [0, 0.05) is 28.9 Å². The molecule has 3 nitrogen and oxygen atoms in total. The van der Waals surface area contributed by atoms with E-state index in [4.69, 9.17) is 5.73 Å². The van der Waals surface area contributed by atoms with Crippen LogP contribution >= 0.6 is 11.8 Å². The first-order chi connectivity index (χ1) is 9.13. The van der Waals surface area contributed by atoms with Crippen LogP contribution in [0.1, 0.15) is 12.5 Å². The number of carbonyl (C=O) groups excluding carboxylic acids is 1. The number of nitrogens with two attached hydrogens (primary N) is 1. The predicted octanol–water partition coefficient (Wildman–Crippen LogP) is 3.52. The number of benzene rings is 2. The molecule has 1 amide bonds. The van der Waals surface area contributed by atoms with E-state index in [1.54, 1.807) is 11.8 Å². The van der Waals surface area contributed by atoms with E-state index in [1.807, 2.05) is 42.5 Å². The van der Waals surface area contributed by atoms with Gasteiger partial charge in [0.1, 0.15) is 0 Å². The zero-order valence-corrected chi connectivity index (χ0v) is 11.5. The Morgan fingerprint density at radius 1 is 1.21 bits per heavy atom. The Labute approximate surface area is 117 Å². The molecule has 2 rings (SSSR count). The van der Waals surface area contributed by atoms with Crippen molar-refractivity contribution in [3.63, 3.8) is 0 Å². The highest BCUT2D eigenvalue weighted by Gasteiger charge is 1.99. The fraction of sp³-hybridized carbons (Fsp3) is 0.133. The first-order valence-corrected chi connectivity index (χ1v) is 6.97. The first-order valence-electron chi connectivity index (χ1n) is 5.98. The van der Waals surface area contributed by atoms with E-state index in [-0.39, 0.29) is 5.91 Å². The zero-order valence-electron chi connectivity index (χ0n) is 10.7. The summed E-state index contributed by atoms with van der Waals surface area (Å²) in [5.74, 6) is 0.824. The van der Waals surface area contributed by atoms with Crippen molar-refractivity contribution in [2.75, 3.05) is 11.1 Å². The number of carbonyl (C=O) groups is 1. The number of hydrogen-bond donors (Lipinski definition) is 2. The van der Waals surface area contributed by atoms with E-state index >= 15 is 0 Å².